The van der Waals surface area contributed by atoms with Crippen LogP contribution in [-0.4, -0.2) is 305 Å². The van der Waals surface area contributed by atoms with E-state index >= 15 is 26.3 Å². The lowest BCUT2D eigenvalue weighted by Crippen LogP contribution is -2.37. The lowest BCUT2D eigenvalue weighted by atomic mass is 9.92. The smallest absolute Gasteiger partial charge is 0.382 e. The maximum Gasteiger partial charge on any atom is 0.390 e. The highest BCUT2D eigenvalue weighted by Crippen LogP contribution is 2.68. The van der Waals surface area contributed by atoms with Gasteiger partial charge in [-0.1, -0.05) is 53.8 Å². The van der Waals surface area contributed by atoms with Crippen LogP contribution in [0.2, 0.25) is 0 Å². The van der Waals surface area contributed by atoms with Crippen molar-refractivity contribution in [2.24, 2.45) is 10.8 Å². The Morgan fingerprint density at radius 1 is 0.369 bits per heavy atom. The Labute approximate surface area is 857 Å². The van der Waals surface area contributed by atoms with Gasteiger partial charge in [0, 0.05) is 10.8 Å². The van der Waals surface area contributed by atoms with Crippen LogP contribution in [0.15, 0.2) is 71.3 Å². The highest BCUT2D eigenvalue weighted by atomic mass is 32.7. The van der Waals surface area contributed by atoms with Crippen molar-refractivity contribution in [3.63, 3.8) is 0 Å². The maximum absolute atomic E-state index is 16.9. The normalized spacial score (nSPS) is 35.5. The van der Waals surface area contributed by atoms with Crippen molar-refractivity contribution in [2.75, 3.05) is 85.5 Å². The quantitative estimate of drug-likeness (QED) is 0.0442. The molecule has 149 heavy (non-hydrogen) atoms. The topological polar surface area (TPSA) is 790 Å². The van der Waals surface area contributed by atoms with Gasteiger partial charge >= 0.3 is 40.5 Å². The van der Waals surface area contributed by atoms with Crippen LogP contribution in [0, 0.1) is 10.8 Å². The number of nitrogens with zero attached hydrogens (tertiary/aromatic N) is 21. The number of carbonyl (C=O) groups is 2. The first-order chi connectivity index (χ1) is 70.2. The number of hydrogen-bond donors (Lipinski definition) is 13. The van der Waals surface area contributed by atoms with Gasteiger partial charge in [0.25, 0.3) is 16.7 Å². The molecule has 0 bridgehead atoms. The highest BCUT2D eigenvalue weighted by molar-refractivity contribution is 8.55. The molecule has 806 valence electrons. The van der Waals surface area contributed by atoms with Crippen LogP contribution in [0.1, 0.15) is 78.9 Å². The fourth-order valence-electron chi connectivity index (χ4n) is 16.6. The first-order valence-corrected chi connectivity index (χ1v) is 60.5. The lowest BCUT2D eigenvalue weighted by Gasteiger charge is -2.30. The van der Waals surface area contributed by atoms with Crippen LogP contribution in [0.25, 0.3) is 67.0 Å². The van der Waals surface area contributed by atoms with Gasteiger partial charge in [0.1, 0.15) is 120 Å². The molecule has 18 unspecified atom stereocenters. The number of Topliss-reactive ketones (excluding diaryl/α,β-unsaturated/α-hetero) is 2. The van der Waals surface area contributed by atoms with Crippen LogP contribution < -0.4 is 51.1 Å². The molecule has 12 aromatic rings. The van der Waals surface area contributed by atoms with Crippen LogP contribution in [-0.2, 0) is 141 Å². The summed E-state index contributed by atoms with van der Waals surface area (Å²) in [7, 11) is 0. The molecule has 0 radical (unpaired) electrons. The zero-order chi connectivity index (χ0) is 106. The Balaban J connectivity index is 0.000000142. The number of nitrogen functional groups attached to an aromatic ring is 6. The van der Waals surface area contributed by atoms with E-state index < -0.39 is 267 Å². The van der Waals surface area contributed by atoms with Crippen LogP contribution >= 0.6 is 75.6 Å². The monoisotopic (exact) mass is 2330 g/mol. The molecular formula is C72H86F6N30O29P6S6. The number of H-pyrrole nitrogens is 3. The van der Waals surface area contributed by atoms with Gasteiger partial charge in [0.2, 0.25) is 17.8 Å². The van der Waals surface area contributed by atoms with Crippen LogP contribution in [0.4, 0.5) is 61.6 Å². The first kappa shape index (κ1) is 109. The van der Waals surface area contributed by atoms with Gasteiger partial charge in [-0.15, -0.1) is 0 Å². The Morgan fingerprint density at radius 2 is 0.597 bits per heavy atom. The standard InChI is InChI=1S/C32H42F2N10O11P2S2.2C20H22F2N10O9P2S2/c1-31(2,3)16(45)9-58-56(48)51-8-15-23(19(34)29(53-15)44-13-40-21-26(44)41-30(36)42-27(21)47)55-57(49,59-10-17(46)32(4,5)6)50-7-14-22(54-56)18(33)28(52-14)43-12-39-20-24(35)37-11-38-25(20)43;2*21-8-12-6(38-18(8)31-4-27-10-14(23)25-3-26-15(10)31)1-36-43(35,45)41-13-7(2-37-42(34,44)40-12)39-19(9(13)22)32-5-28-11-16(32)29-20(24)30-17(11)33/h11-15,18-19,22-23,28-29H,7-10H2,1-6H3,(H2,35,37,38)(H3,36,41,42,47);2*3-9,12-13,18-19H,1-2H2,(H,34,44)(H,35,45)(H2,23,25,26)(H3,24,29,30,33)/t14?,15?,18-,19-,22-,23-,28?,29?,56?,57?;2*6?,7?,8-,9-,12-,13-,18?,19?,42?,43?/m111/s1. The van der Waals surface area contributed by atoms with Gasteiger partial charge in [-0.2, -0.15) is 15.0 Å². The molecule has 12 aromatic heterocycles. The number of rotatable bonds is 12. The molecule has 9 fully saturated rings. The van der Waals surface area contributed by atoms with Crippen molar-refractivity contribution in [3.8, 4) is 0 Å². The second kappa shape index (κ2) is 41.5. The Kier molecular flexibility index (Phi) is 30.3. The molecule has 0 spiro atoms. The predicted octanol–water partition coefficient (Wildman–Crippen LogP) is 4.84. The molecule has 9 aliphatic heterocycles. The number of thiol groups is 1. The lowest BCUT2D eigenvalue weighted by molar-refractivity contribution is -0.124. The van der Waals surface area contributed by atoms with E-state index in [0.717, 1.165) is 51.7 Å². The molecule has 30 atom stereocenters. The molecule has 0 aliphatic carbocycles. The number of carbonyl (C=O) groups excluding carboxylic acids is 2. The maximum atomic E-state index is 16.9. The molecule has 59 nitrogen and oxygen atoms in total. The number of hydrogen-bond acceptors (Lipinski definition) is 52. The predicted molar refractivity (Wildman–Crippen MR) is 520 cm³/mol. The number of aromatic amines is 3. The number of nitrogens with one attached hydrogen (secondary N) is 3. The zero-order valence-corrected chi connectivity index (χ0v) is 87.3. The van der Waals surface area contributed by atoms with Crippen molar-refractivity contribution in [1.82, 2.24) is 117 Å². The number of ether oxygens (including phenoxy) is 6. The highest BCUT2D eigenvalue weighted by Gasteiger charge is 2.61. The summed E-state index contributed by atoms with van der Waals surface area (Å²) in [6.07, 6.45) is -30.3. The average Bonchev–Trinajstić information content (AvgIpc) is 1.63. The summed E-state index contributed by atoms with van der Waals surface area (Å²) in [6.45, 7) is -20.9. The second-order valence-electron chi connectivity index (χ2n) is 36.0. The van der Waals surface area contributed by atoms with Gasteiger partial charge in [-0.3, -0.25) is 107 Å². The molecule has 9 aliphatic rings. The van der Waals surface area contributed by atoms with Crippen molar-refractivity contribution in [2.45, 2.75) is 189 Å². The van der Waals surface area contributed by atoms with Crippen molar-refractivity contribution >= 4 is 225 Å². The molecular weight excluding hydrogens is 2240 g/mol. The summed E-state index contributed by atoms with van der Waals surface area (Å²) in [4.78, 5) is 163. The van der Waals surface area contributed by atoms with E-state index in [9.17, 15) is 52.3 Å². The minimum absolute atomic E-state index is 0.00224. The number of aromatic nitrogens is 24. The molecule has 18 N–H and O–H groups in total. The van der Waals surface area contributed by atoms with Gasteiger partial charge in [-0.05, 0) is 58.2 Å². The van der Waals surface area contributed by atoms with E-state index in [1.165, 1.54) is 32.7 Å². The molecule has 21 heterocycles. The first-order valence-electron chi connectivity index (χ1n) is 43.8. The zero-order valence-electron chi connectivity index (χ0n) is 77.0. The van der Waals surface area contributed by atoms with Gasteiger partial charge in [0.05, 0.1) is 89.1 Å². The molecule has 0 saturated carbocycles. The number of nitrogens with two attached hydrogens (primary N) is 6. The van der Waals surface area contributed by atoms with Gasteiger partial charge < -0.3 is 91.1 Å². The fraction of sp³-hybridized carbons (Fsp3) is 0.556. The number of anilines is 6. The average molecular weight is 2330 g/mol. The third kappa shape index (κ3) is 22.0. The van der Waals surface area contributed by atoms with Gasteiger partial charge in [0.15, 0.2) is 142 Å². The summed E-state index contributed by atoms with van der Waals surface area (Å²) in [5, 5.41) is 0. The van der Waals surface area contributed by atoms with E-state index in [1.807, 2.05) is 0 Å². The summed E-state index contributed by atoms with van der Waals surface area (Å²) < 4.78 is 250. The minimum atomic E-state index is -4.66. The number of fused-ring (bicyclic) bond motifs is 12. The largest absolute Gasteiger partial charge is 0.390 e. The summed E-state index contributed by atoms with van der Waals surface area (Å²) in [6, 6.07) is 0. The number of alkyl halides is 6. The molecule has 21 rings (SSSR count). The molecule has 0 amide bonds. The molecule has 0 aromatic carbocycles. The van der Waals surface area contributed by atoms with E-state index in [-0.39, 0.29) is 114 Å². The third-order valence-corrected chi connectivity index (χ3v) is 37.5. The third-order valence-electron chi connectivity index (χ3n) is 24.1. The van der Waals surface area contributed by atoms with Crippen LogP contribution in [0.5, 0.6) is 0 Å². The number of imidazole rings is 6. The van der Waals surface area contributed by atoms with Crippen LogP contribution in [0.3, 0.4) is 0 Å². The summed E-state index contributed by atoms with van der Waals surface area (Å²) in [5.74, 6) is -2.26. The summed E-state index contributed by atoms with van der Waals surface area (Å²) in [5.41, 5.74) is 30.8. The Hall–Kier alpha value is -8.73. The van der Waals surface area contributed by atoms with Gasteiger partial charge in [-0.25, -0.2) is 99.8 Å². The summed E-state index contributed by atoms with van der Waals surface area (Å²) >= 11 is 20.3. The second-order valence-corrected chi connectivity index (χ2v) is 55.3. The number of halogens is 6. The Morgan fingerprint density at radius 3 is 0.859 bits per heavy atom. The van der Waals surface area contributed by atoms with Crippen molar-refractivity contribution < 1.29 is 147 Å². The molecule has 77 heteroatoms. The fourth-order valence-corrected chi connectivity index (χ4v) is 29.4. The number of ketones is 2. The van der Waals surface area contributed by atoms with E-state index in [2.05, 4.69) is 102 Å². The van der Waals surface area contributed by atoms with E-state index in [1.54, 1.807) is 41.5 Å². The Bertz CT molecular complexity index is 7440. The van der Waals surface area contributed by atoms with Crippen molar-refractivity contribution in [1.29, 1.82) is 0 Å². The van der Waals surface area contributed by atoms with E-state index in [0.29, 0.717) is 22.8 Å². The SMILES string of the molecule is CC(C)(C)C(=O)CSP1(=O)OCC2OC(n3cnc4c(=O)[nH]c(N)nc43)[C@H](F)[C@@H]2OP(=O)(SCC(=O)C(C)(C)C)OCC2OC(n3cnc4c(N)ncnc43)[C@H](F)[C@@H]2O1.Nc1nc2c(ncn2C2OC3COP(O)(=S)O[C@@H]4C(COP(=O)(S)O[C@H]3[C@H]2F)OC(n2cnc3c(N)ncnc32)[C@@H]4F)c(=O)[nH]1.Nc1nc2c(ncn2C2OC3COP(O)(=S)O[C@@H]4C(COP(O)(=S)O[C@H]3[C@H]2F)OC(n2cnc3c(N)ncnc32)[C@@H]4F)c(=O)[nH]1. The van der Waals surface area contributed by atoms with Crippen molar-refractivity contribution in [3.05, 3.63) is 88.0 Å². The van der Waals surface area contributed by atoms with E-state index in [4.69, 9.17) is 153 Å². The minimum Gasteiger partial charge on any atom is -0.382 e. The molecule has 9 saturated heterocycles.